The minimum Gasteiger partial charge on any atom is -0.387 e. The van der Waals surface area contributed by atoms with Gasteiger partial charge in [0.05, 0.1) is 19.5 Å². The lowest BCUT2D eigenvalue weighted by Gasteiger charge is -2.22. The zero-order valence-corrected chi connectivity index (χ0v) is 16.5. The zero-order chi connectivity index (χ0) is 21.1. The first-order valence-corrected chi connectivity index (χ1v) is 9.29. The average molecular weight is 410 g/mol. The van der Waals surface area contributed by atoms with Gasteiger partial charge in [0.1, 0.15) is 18.3 Å². The van der Waals surface area contributed by atoms with Crippen LogP contribution in [0, 0.1) is 5.92 Å². The van der Waals surface area contributed by atoms with E-state index in [9.17, 15) is 14.7 Å². The summed E-state index contributed by atoms with van der Waals surface area (Å²) in [6, 6.07) is 0. The maximum atomic E-state index is 12.4. The van der Waals surface area contributed by atoms with Crippen molar-refractivity contribution in [3.8, 4) is 0 Å². The number of aliphatic hydroxyl groups excluding tert-OH is 1. The molecule has 0 aliphatic carbocycles. The van der Waals surface area contributed by atoms with Crippen molar-refractivity contribution in [2.75, 3.05) is 32.2 Å². The Hall–Kier alpha value is -2.38. The summed E-state index contributed by atoms with van der Waals surface area (Å²) in [5.74, 6) is -0.595. The number of aliphatic hydroxyl groups is 1. The van der Waals surface area contributed by atoms with Gasteiger partial charge in [-0.2, -0.15) is 4.98 Å². The molecule has 5 N–H and O–H groups in total. The third-order valence-corrected chi connectivity index (χ3v) is 4.62. The van der Waals surface area contributed by atoms with Crippen LogP contribution in [0.15, 0.2) is 11.1 Å². The molecule has 12 heteroatoms. The Morgan fingerprint density at radius 1 is 1.48 bits per heavy atom. The van der Waals surface area contributed by atoms with E-state index in [1.165, 1.54) is 18.0 Å². The second-order valence-corrected chi connectivity index (χ2v) is 7.00. The van der Waals surface area contributed by atoms with Crippen LogP contribution in [0.1, 0.15) is 20.1 Å². The fourth-order valence-electron chi connectivity index (χ4n) is 3.02. The van der Waals surface area contributed by atoms with E-state index >= 15 is 0 Å². The second kappa shape index (κ2) is 8.97. The van der Waals surface area contributed by atoms with Crippen LogP contribution in [0.5, 0.6) is 0 Å². The van der Waals surface area contributed by atoms with Crippen LogP contribution >= 0.6 is 0 Å². The Labute approximate surface area is 166 Å². The first kappa shape index (κ1) is 21.3. The Kier molecular flexibility index (Phi) is 6.59. The standard InChI is InChI=1S/C17H26N6O6/c1-8(2)14(25)21-17-20-13-10(15(26)22-17)19-7-23(13)16-12(28-5-4-27-3)11(24)9(6-18)29-16/h7-9,11-12,16,24H,4-6,18H2,1-3H3,(H2,20,21,22,25,26)/t9-,11?,12?,16-/m1/s1. The summed E-state index contributed by atoms with van der Waals surface area (Å²) < 4.78 is 18.1. The molecule has 12 nitrogen and oxygen atoms in total. The molecule has 1 saturated heterocycles. The van der Waals surface area contributed by atoms with Gasteiger partial charge in [-0.15, -0.1) is 0 Å². The maximum Gasteiger partial charge on any atom is 0.280 e. The monoisotopic (exact) mass is 410 g/mol. The van der Waals surface area contributed by atoms with Gasteiger partial charge >= 0.3 is 0 Å². The van der Waals surface area contributed by atoms with Crippen LogP contribution in [-0.4, -0.2) is 75.7 Å². The normalized spacial score (nSPS) is 24.5. The average Bonchev–Trinajstić information content (AvgIpc) is 3.23. The molecule has 0 spiro atoms. The Morgan fingerprint density at radius 2 is 2.24 bits per heavy atom. The van der Waals surface area contributed by atoms with Gasteiger partial charge in [-0.25, -0.2) is 4.98 Å². The van der Waals surface area contributed by atoms with E-state index in [-0.39, 0.29) is 42.1 Å². The molecule has 1 amide bonds. The van der Waals surface area contributed by atoms with Gasteiger partial charge in [-0.05, 0) is 0 Å². The van der Waals surface area contributed by atoms with Gasteiger partial charge in [0, 0.05) is 19.6 Å². The molecule has 0 radical (unpaired) electrons. The topological polar surface area (TPSA) is 167 Å². The molecule has 2 aromatic heterocycles. The minimum absolute atomic E-state index is 0.00581. The van der Waals surface area contributed by atoms with Gasteiger partial charge in [-0.3, -0.25) is 24.5 Å². The lowest BCUT2D eigenvalue weighted by Crippen LogP contribution is -2.37. The van der Waals surface area contributed by atoms with Crippen molar-refractivity contribution in [1.82, 2.24) is 19.5 Å². The number of methoxy groups -OCH3 is 1. The molecule has 0 saturated carbocycles. The molecular formula is C17H26N6O6. The van der Waals surface area contributed by atoms with Gasteiger partial charge in [0.25, 0.3) is 5.56 Å². The van der Waals surface area contributed by atoms with E-state index in [1.807, 2.05) is 0 Å². The number of nitrogens with zero attached hydrogens (tertiary/aromatic N) is 3. The molecule has 29 heavy (non-hydrogen) atoms. The number of ether oxygens (including phenoxy) is 3. The van der Waals surface area contributed by atoms with Crippen LogP contribution in [0.2, 0.25) is 0 Å². The van der Waals surface area contributed by atoms with Crippen molar-refractivity contribution in [2.24, 2.45) is 11.7 Å². The molecule has 0 bridgehead atoms. The molecule has 3 rings (SSSR count). The SMILES string of the molecule is COCCOC1C(O)[C@@H](CN)O[C@H]1n1cnc2c(=O)[nH]c(NC(=O)C(C)C)nc21. The number of hydrogen-bond acceptors (Lipinski definition) is 9. The summed E-state index contributed by atoms with van der Waals surface area (Å²) in [5, 5.41) is 13.1. The number of carbonyl (C=O) groups excluding carboxylic acids is 1. The number of amides is 1. The highest BCUT2D eigenvalue weighted by Gasteiger charge is 2.45. The fourth-order valence-corrected chi connectivity index (χ4v) is 3.02. The highest BCUT2D eigenvalue weighted by atomic mass is 16.6. The van der Waals surface area contributed by atoms with E-state index in [1.54, 1.807) is 13.8 Å². The number of aromatic amines is 1. The molecule has 1 aliphatic rings. The lowest BCUT2D eigenvalue weighted by atomic mass is 10.1. The van der Waals surface area contributed by atoms with E-state index in [0.717, 1.165) is 0 Å². The van der Waals surface area contributed by atoms with Crippen molar-refractivity contribution in [3.05, 3.63) is 16.7 Å². The predicted octanol–water partition coefficient (Wildman–Crippen LogP) is -1.04. The van der Waals surface area contributed by atoms with E-state index in [4.69, 9.17) is 19.9 Å². The van der Waals surface area contributed by atoms with Gasteiger partial charge in [-0.1, -0.05) is 13.8 Å². The highest BCUT2D eigenvalue weighted by molar-refractivity contribution is 5.91. The van der Waals surface area contributed by atoms with Crippen molar-refractivity contribution >= 4 is 23.0 Å². The fraction of sp³-hybridized carbons (Fsp3) is 0.647. The third-order valence-electron chi connectivity index (χ3n) is 4.62. The molecule has 1 fully saturated rings. The van der Waals surface area contributed by atoms with Crippen LogP contribution in [0.3, 0.4) is 0 Å². The number of aromatic nitrogens is 4. The third kappa shape index (κ3) is 4.31. The van der Waals surface area contributed by atoms with E-state index in [2.05, 4.69) is 20.3 Å². The largest absolute Gasteiger partial charge is 0.387 e. The number of nitrogens with two attached hydrogens (primary N) is 1. The highest BCUT2D eigenvalue weighted by Crippen LogP contribution is 2.33. The molecule has 160 valence electrons. The van der Waals surface area contributed by atoms with Crippen LogP contribution < -0.4 is 16.6 Å². The molecule has 2 aromatic rings. The number of H-pyrrole nitrogens is 1. The number of nitrogens with one attached hydrogen (secondary N) is 2. The first-order chi connectivity index (χ1) is 13.9. The number of anilines is 1. The van der Waals surface area contributed by atoms with Gasteiger partial charge in [0.15, 0.2) is 17.4 Å². The lowest BCUT2D eigenvalue weighted by molar-refractivity contribution is -0.118. The summed E-state index contributed by atoms with van der Waals surface area (Å²) in [4.78, 5) is 35.2. The van der Waals surface area contributed by atoms with Crippen LogP contribution in [-0.2, 0) is 19.0 Å². The number of carbonyl (C=O) groups is 1. The molecule has 4 atom stereocenters. The number of hydrogen-bond donors (Lipinski definition) is 4. The van der Waals surface area contributed by atoms with Crippen LogP contribution in [0.4, 0.5) is 5.95 Å². The summed E-state index contributed by atoms with van der Waals surface area (Å²) in [7, 11) is 1.54. The summed E-state index contributed by atoms with van der Waals surface area (Å²) in [6.45, 7) is 4.08. The number of imidazole rings is 1. The van der Waals surface area contributed by atoms with Crippen LogP contribution in [0.25, 0.3) is 11.2 Å². The summed E-state index contributed by atoms with van der Waals surface area (Å²) in [6.07, 6.45) is -1.85. The Morgan fingerprint density at radius 3 is 2.90 bits per heavy atom. The van der Waals surface area contributed by atoms with Gasteiger partial charge < -0.3 is 25.1 Å². The summed E-state index contributed by atoms with van der Waals surface area (Å²) >= 11 is 0. The second-order valence-electron chi connectivity index (χ2n) is 7.00. The Balaban J connectivity index is 1.97. The van der Waals surface area contributed by atoms with Crippen molar-refractivity contribution in [2.45, 2.75) is 38.4 Å². The molecule has 3 heterocycles. The molecular weight excluding hydrogens is 384 g/mol. The van der Waals surface area contributed by atoms with Crippen molar-refractivity contribution in [1.29, 1.82) is 0 Å². The quantitative estimate of drug-likeness (QED) is 0.398. The molecule has 1 aliphatic heterocycles. The van der Waals surface area contributed by atoms with Crippen molar-refractivity contribution < 1.29 is 24.1 Å². The Bertz CT molecular complexity index is 911. The zero-order valence-electron chi connectivity index (χ0n) is 16.5. The minimum atomic E-state index is -0.985. The predicted molar refractivity (Wildman–Crippen MR) is 102 cm³/mol. The smallest absolute Gasteiger partial charge is 0.280 e. The molecule has 0 aromatic carbocycles. The van der Waals surface area contributed by atoms with Crippen molar-refractivity contribution in [3.63, 3.8) is 0 Å². The first-order valence-electron chi connectivity index (χ1n) is 9.29. The van der Waals surface area contributed by atoms with E-state index in [0.29, 0.717) is 6.61 Å². The number of rotatable bonds is 8. The number of fused-ring (bicyclic) bond motifs is 1. The summed E-state index contributed by atoms with van der Waals surface area (Å²) in [5.41, 5.74) is 5.43. The van der Waals surface area contributed by atoms with Gasteiger partial charge in [0.2, 0.25) is 11.9 Å². The molecule has 2 unspecified atom stereocenters. The maximum absolute atomic E-state index is 12.4. The van der Waals surface area contributed by atoms with E-state index < -0.39 is 30.1 Å².